The van der Waals surface area contributed by atoms with Gasteiger partial charge in [-0.3, -0.25) is 14.3 Å². The summed E-state index contributed by atoms with van der Waals surface area (Å²) in [4.78, 5) is 25.4. The Morgan fingerprint density at radius 1 is 1.46 bits per heavy atom. The van der Waals surface area contributed by atoms with Crippen LogP contribution in [0.15, 0.2) is 29.5 Å². The first-order valence-corrected chi connectivity index (χ1v) is 9.79. The molecular formula is C19H27Cl2N5O2. The molecule has 7 nitrogen and oxygen atoms in total. The predicted molar refractivity (Wildman–Crippen MR) is 112 cm³/mol. The Hall–Kier alpha value is -1.83. The zero-order valence-electron chi connectivity index (χ0n) is 16.0. The first kappa shape index (κ1) is 22.5. The van der Waals surface area contributed by atoms with Gasteiger partial charge in [0, 0.05) is 32.0 Å². The van der Waals surface area contributed by atoms with E-state index < -0.39 is 0 Å². The van der Waals surface area contributed by atoms with Crippen LogP contribution >= 0.6 is 24.0 Å². The highest BCUT2D eigenvalue weighted by molar-refractivity contribution is 6.30. The summed E-state index contributed by atoms with van der Waals surface area (Å²) < 4.78 is 3.40. The van der Waals surface area contributed by atoms with Crippen LogP contribution in [0.3, 0.4) is 0 Å². The Bertz CT molecular complexity index is 843. The van der Waals surface area contributed by atoms with Crippen molar-refractivity contribution in [3.63, 3.8) is 0 Å². The molecule has 2 aromatic heterocycles. The fourth-order valence-corrected chi connectivity index (χ4v) is 3.59. The Labute approximate surface area is 175 Å². The van der Waals surface area contributed by atoms with E-state index in [0.717, 1.165) is 25.9 Å². The van der Waals surface area contributed by atoms with E-state index in [-0.39, 0.29) is 29.4 Å². The zero-order valence-corrected chi connectivity index (χ0v) is 17.6. The van der Waals surface area contributed by atoms with Gasteiger partial charge in [-0.15, -0.1) is 12.4 Å². The number of hydrogen-bond donors (Lipinski definition) is 2. The van der Waals surface area contributed by atoms with Crippen molar-refractivity contribution in [2.45, 2.75) is 39.3 Å². The van der Waals surface area contributed by atoms with E-state index in [1.165, 1.54) is 0 Å². The molecule has 1 aliphatic rings. The Balaban J connectivity index is 0.00000280. The number of carbonyl (C=O) groups is 1. The second-order valence-corrected chi connectivity index (χ2v) is 7.51. The van der Waals surface area contributed by atoms with Gasteiger partial charge in [0.05, 0.1) is 11.2 Å². The Morgan fingerprint density at radius 2 is 2.29 bits per heavy atom. The van der Waals surface area contributed by atoms with Crippen LogP contribution in [0, 0.1) is 12.8 Å². The molecule has 28 heavy (non-hydrogen) atoms. The molecule has 1 amide bonds. The average Bonchev–Trinajstić information content (AvgIpc) is 3.07. The first-order valence-electron chi connectivity index (χ1n) is 9.41. The van der Waals surface area contributed by atoms with Gasteiger partial charge in [-0.05, 0) is 56.8 Å². The molecule has 3 rings (SSSR count). The average molecular weight is 428 g/mol. The fraction of sp³-hybridized carbons (Fsp3) is 0.526. The fourth-order valence-electron chi connectivity index (χ4n) is 3.44. The number of piperidine rings is 1. The van der Waals surface area contributed by atoms with Crippen molar-refractivity contribution in [2.24, 2.45) is 5.92 Å². The summed E-state index contributed by atoms with van der Waals surface area (Å²) in [7, 11) is 0. The number of rotatable bonds is 7. The van der Waals surface area contributed by atoms with Crippen LogP contribution in [-0.2, 0) is 13.1 Å². The summed E-state index contributed by atoms with van der Waals surface area (Å²) in [6, 6.07) is 1.85. The molecule has 1 atom stereocenters. The first-order chi connectivity index (χ1) is 13.0. The minimum absolute atomic E-state index is 0. The second kappa shape index (κ2) is 10.6. The Morgan fingerprint density at radius 3 is 2.96 bits per heavy atom. The van der Waals surface area contributed by atoms with E-state index in [2.05, 4.69) is 15.7 Å². The zero-order chi connectivity index (χ0) is 19.2. The topological polar surface area (TPSA) is 81.0 Å². The predicted octanol–water partition coefficient (Wildman–Crippen LogP) is 2.25. The standard InChI is InChI=1S/C19H26ClN5O2.ClH/c1-14-5-9-24(12-15-4-2-6-21-10-15)19(27)17(14)18(26)22-7-3-8-25-13-16(20)11-23-25;/h5,9,11,13,15,21H,2-4,6-8,10,12H2,1H3,(H,22,26);1H. The smallest absolute Gasteiger partial charge is 0.263 e. The summed E-state index contributed by atoms with van der Waals surface area (Å²) in [5, 5.41) is 10.9. The highest BCUT2D eigenvalue weighted by Gasteiger charge is 2.18. The molecule has 1 unspecified atom stereocenters. The van der Waals surface area contributed by atoms with Crippen LogP contribution in [0.5, 0.6) is 0 Å². The number of nitrogens with one attached hydrogen (secondary N) is 2. The summed E-state index contributed by atoms with van der Waals surface area (Å²) >= 11 is 5.83. The van der Waals surface area contributed by atoms with E-state index in [1.54, 1.807) is 34.8 Å². The molecule has 1 aliphatic heterocycles. The third kappa shape index (κ3) is 5.83. The van der Waals surface area contributed by atoms with Crippen molar-refractivity contribution < 1.29 is 4.79 Å². The summed E-state index contributed by atoms with van der Waals surface area (Å²) in [6.07, 6.45) is 8.05. The SMILES string of the molecule is Cc1ccn(CC2CCCNC2)c(=O)c1C(=O)NCCCn1cc(Cl)cn1.Cl. The molecule has 0 bridgehead atoms. The van der Waals surface area contributed by atoms with Crippen LogP contribution in [0.1, 0.15) is 35.2 Å². The van der Waals surface area contributed by atoms with Crippen LogP contribution in [0.4, 0.5) is 0 Å². The van der Waals surface area contributed by atoms with Gasteiger partial charge in [-0.1, -0.05) is 11.6 Å². The number of carbonyl (C=O) groups excluding carboxylic acids is 1. The van der Waals surface area contributed by atoms with Crippen molar-refractivity contribution in [3.05, 3.63) is 51.2 Å². The Kier molecular flexibility index (Phi) is 8.54. The summed E-state index contributed by atoms with van der Waals surface area (Å²) in [5.74, 6) is 0.114. The molecule has 0 spiro atoms. The van der Waals surface area contributed by atoms with E-state index in [9.17, 15) is 9.59 Å². The van der Waals surface area contributed by atoms with Gasteiger partial charge in [0.15, 0.2) is 0 Å². The summed E-state index contributed by atoms with van der Waals surface area (Å²) in [6.45, 7) is 5.52. The van der Waals surface area contributed by atoms with Gasteiger partial charge in [0.2, 0.25) is 0 Å². The van der Waals surface area contributed by atoms with Crippen LogP contribution in [-0.4, -0.2) is 39.9 Å². The third-order valence-corrected chi connectivity index (χ3v) is 5.10. The number of nitrogens with zero attached hydrogens (tertiary/aromatic N) is 3. The highest BCUT2D eigenvalue weighted by atomic mass is 35.5. The molecule has 0 aromatic carbocycles. The van der Waals surface area contributed by atoms with Crippen LogP contribution < -0.4 is 16.2 Å². The lowest BCUT2D eigenvalue weighted by atomic mass is 9.99. The molecule has 2 aromatic rings. The molecule has 1 fully saturated rings. The molecular weight excluding hydrogens is 401 g/mol. The number of halogens is 2. The monoisotopic (exact) mass is 427 g/mol. The maximum Gasteiger partial charge on any atom is 0.263 e. The quantitative estimate of drug-likeness (QED) is 0.663. The van der Waals surface area contributed by atoms with E-state index in [0.29, 0.717) is 42.6 Å². The third-order valence-electron chi connectivity index (χ3n) is 4.91. The van der Waals surface area contributed by atoms with Gasteiger partial charge in [-0.2, -0.15) is 5.10 Å². The van der Waals surface area contributed by atoms with Crippen LogP contribution in [0.2, 0.25) is 5.02 Å². The molecule has 0 saturated carbocycles. The number of amides is 1. The number of aromatic nitrogens is 3. The van der Waals surface area contributed by atoms with Gasteiger partial charge in [0.1, 0.15) is 5.56 Å². The lowest BCUT2D eigenvalue weighted by molar-refractivity contribution is 0.0949. The van der Waals surface area contributed by atoms with E-state index in [1.807, 2.05) is 6.07 Å². The van der Waals surface area contributed by atoms with Gasteiger partial charge in [0.25, 0.3) is 11.5 Å². The maximum atomic E-state index is 12.8. The molecule has 2 N–H and O–H groups in total. The molecule has 9 heteroatoms. The number of hydrogen-bond acceptors (Lipinski definition) is 4. The van der Waals surface area contributed by atoms with Crippen molar-refractivity contribution >= 4 is 29.9 Å². The van der Waals surface area contributed by atoms with Crippen molar-refractivity contribution in [2.75, 3.05) is 19.6 Å². The van der Waals surface area contributed by atoms with E-state index in [4.69, 9.17) is 11.6 Å². The lowest BCUT2D eigenvalue weighted by Crippen LogP contribution is -2.38. The molecule has 3 heterocycles. The minimum atomic E-state index is -0.313. The molecule has 154 valence electrons. The van der Waals surface area contributed by atoms with Gasteiger partial charge < -0.3 is 15.2 Å². The molecule has 0 radical (unpaired) electrons. The maximum absolute atomic E-state index is 12.8. The largest absolute Gasteiger partial charge is 0.352 e. The summed E-state index contributed by atoms with van der Waals surface area (Å²) in [5.41, 5.74) is 0.731. The number of aryl methyl sites for hydroxylation is 2. The van der Waals surface area contributed by atoms with Crippen molar-refractivity contribution in [1.82, 2.24) is 25.0 Å². The molecule has 0 aliphatic carbocycles. The van der Waals surface area contributed by atoms with Crippen molar-refractivity contribution in [3.8, 4) is 0 Å². The highest BCUT2D eigenvalue weighted by Crippen LogP contribution is 2.12. The normalized spacial score (nSPS) is 16.4. The van der Waals surface area contributed by atoms with E-state index >= 15 is 0 Å². The number of pyridine rings is 1. The lowest BCUT2D eigenvalue weighted by Gasteiger charge is -2.23. The van der Waals surface area contributed by atoms with Crippen molar-refractivity contribution in [1.29, 1.82) is 0 Å². The van der Waals surface area contributed by atoms with Gasteiger partial charge >= 0.3 is 0 Å². The van der Waals surface area contributed by atoms with Crippen LogP contribution in [0.25, 0.3) is 0 Å². The molecule has 1 saturated heterocycles. The second-order valence-electron chi connectivity index (χ2n) is 7.07. The minimum Gasteiger partial charge on any atom is -0.352 e. The van der Waals surface area contributed by atoms with Gasteiger partial charge in [-0.25, -0.2) is 0 Å².